The maximum Gasteiger partial charge on any atom is 0.252 e. The smallest absolute Gasteiger partial charge is 0.252 e. The van der Waals surface area contributed by atoms with Gasteiger partial charge in [-0.2, -0.15) is 5.10 Å². The number of fused-ring (bicyclic) bond motifs is 1. The van der Waals surface area contributed by atoms with Gasteiger partial charge in [0.2, 0.25) is 0 Å². The van der Waals surface area contributed by atoms with Gasteiger partial charge in [-0.05, 0) is 25.5 Å². The summed E-state index contributed by atoms with van der Waals surface area (Å²) < 4.78 is 1.94. The van der Waals surface area contributed by atoms with Crippen LogP contribution in [0, 0.1) is 6.92 Å². The second kappa shape index (κ2) is 6.37. The minimum absolute atomic E-state index is 0.0594. The van der Waals surface area contributed by atoms with Gasteiger partial charge in [0.05, 0.1) is 22.5 Å². The Hall–Kier alpha value is -2.60. The summed E-state index contributed by atoms with van der Waals surface area (Å²) in [6, 6.07) is 14.0. The van der Waals surface area contributed by atoms with Crippen molar-refractivity contribution in [2.45, 2.75) is 25.6 Å². The molecule has 0 aliphatic carbocycles. The predicted octanol–water partition coefficient (Wildman–Crippen LogP) is 3.81. The second-order valence-corrected chi connectivity index (χ2v) is 7.35. The lowest BCUT2D eigenvalue weighted by molar-refractivity contribution is 0.683. The van der Waals surface area contributed by atoms with E-state index < -0.39 is 0 Å². The Morgan fingerprint density at radius 1 is 1.16 bits per heavy atom. The molecule has 126 valence electrons. The lowest BCUT2D eigenvalue weighted by Crippen LogP contribution is -2.17. The van der Waals surface area contributed by atoms with Crippen LogP contribution in [-0.4, -0.2) is 19.8 Å². The van der Waals surface area contributed by atoms with Crippen molar-refractivity contribution in [1.29, 1.82) is 0 Å². The van der Waals surface area contributed by atoms with E-state index in [9.17, 15) is 4.79 Å². The standard InChI is InChI=1S/C19H18N4OS/c1-12-16-17(15-9-6-10-20-19(15)24)25-13(2)21-18(16)23(22-12)11-14-7-4-3-5-8-14/h3-10,17H,11H2,1-2H3,(H,20,24)/t17-/m0/s1. The van der Waals surface area contributed by atoms with Crippen LogP contribution in [-0.2, 0) is 6.54 Å². The molecule has 6 heteroatoms. The van der Waals surface area contributed by atoms with Crippen molar-refractivity contribution >= 4 is 22.6 Å². The first kappa shape index (κ1) is 15.9. The number of aromatic nitrogens is 3. The Balaban J connectivity index is 1.82. The summed E-state index contributed by atoms with van der Waals surface area (Å²) in [7, 11) is 0. The Morgan fingerprint density at radius 3 is 2.72 bits per heavy atom. The van der Waals surface area contributed by atoms with E-state index in [1.54, 1.807) is 18.0 Å². The van der Waals surface area contributed by atoms with Crippen LogP contribution in [0.25, 0.3) is 0 Å². The number of H-pyrrole nitrogens is 1. The number of aliphatic imine (C=N–C) groups is 1. The molecule has 0 bridgehead atoms. The molecule has 0 saturated carbocycles. The molecule has 2 aromatic heterocycles. The van der Waals surface area contributed by atoms with Crippen molar-refractivity contribution in [2.24, 2.45) is 4.99 Å². The molecule has 25 heavy (non-hydrogen) atoms. The summed E-state index contributed by atoms with van der Waals surface area (Å²) in [6.45, 7) is 4.63. The fraction of sp³-hybridized carbons (Fsp3) is 0.211. The molecule has 1 N–H and O–H groups in total. The SMILES string of the molecule is CC1=Nc2c(c(C)nn2Cc2ccccc2)[C@H](c2ccc[nH]c2=O)S1. The summed E-state index contributed by atoms with van der Waals surface area (Å²) in [6.07, 6.45) is 1.66. The van der Waals surface area contributed by atoms with Crippen LogP contribution in [0.4, 0.5) is 5.82 Å². The third kappa shape index (κ3) is 2.93. The van der Waals surface area contributed by atoms with Crippen LogP contribution in [0.2, 0.25) is 0 Å². The van der Waals surface area contributed by atoms with Crippen LogP contribution in [0.15, 0.2) is 58.4 Å². The van der Waals surface area contributed by atoms with Gasteiger partial charge in [-0.15, -0.1) is 0 Å². The molecule has 1 aliphatic rings. The molecule has 1 aliphatic heterocycles. The van der Waals surface area contributed by atoms with Crippen LogP contribution in [0.1, 0.15) is 34.6 Å². The molecule has 3 aromatic rings. The average Bonchev–Trinajstić information content (AvgIpc) is 2.91. The first-order chi connectivity index (χ1) is 12.1. The number of nitrogens with zero attached hydrogens (tertiary/aromatic N) is 3. The Bertz CT molecular complexity index is 1000. The van der Waals surface area contributed by atoms with E-state index in [2.05, 4.69) is 17.1 Å². The Labute approximate surface area is 149 Å². The predicted molar refractivity (Wildman–Crippen MR) is 102 cm³/mol. The van der Waals surface area contributed by atoms with Gasteiger partial charge in [0.15, 0.2) is 5.82 Å². The first-order valence-electron chi connectivity index (χ1n) is 8.14. The van der Waals surface area contributed by atoms with Gasteiger partial charge < -0.3 is 4.98 Å². The van der Waals surface area contributed by atoms with Gasteiger partial charge in [-0.1, -0.05) is 48.2 Å². The zero-order chi connectivity index (χ0) is 17.4. The number of thioether (sulfide) groups is 1. The van der Waals surface area contributed by atoms with Gasteiger partial charge in [0.1, 0.15) is 0 Å². The van der Waals surface area contributed by atoms with Crippen molar-refractivity contribution in [1.82, 2.24) is 14.8 Å². The summed E-state index contributed by atoms with van der Waals surface area (Å²) >= 11 is 1.61. The van der Waals surface area contributed by atoms with E-state index in [0.29, 0.717) is 6.54 Å². The third-order valence-electron chi connectivity index (χ3n) is 4.27. The van der Waals surface area contributed by atoms with E-state index in [1.807, 2.05) is 48.9 Å². The lowest BCUT2D eigenvalue weighted by Gasteiger charge is -2.21. The topological polar surface area (TPSA) is 63.0 Å². The van der Waals surface area contributed by atoms with Crippen LogP contribution < -0.4 is 5.56 Å². The molecule has 0 saturated heterocycles. The zero-order valence-corrected chi connectivity index (χ0v) is 14.9. The highest BCUT2D eigenvalue weighted by atomic mass is 32.2. The summed E-state index contributed by atoms with van der Waals surface area (Å²) in [4.78, 5) is 19.8. The van der Waals surface area contributed by atoms with E-state index in [0.717, 1.165) is 27.7 Å². The second-order valence-electron chi connectivity index (χ2n) is 6.05. The number of hydrogen-bond acceptors (Lipinski definition) is 4. The molecule has 5 nitrogen and oxygen atoms in total. The van der Waals surface area contributed by atoms with Gasteiger partial charge >= 0.3 is 0 Å². The largest absolute Gasteiger partial charge is 0.329 e. The Kier molecular flexibility index (Phi) is 4.05. The van der Waals surface area contributed by atoms with Crippen molar-refractivity contribution in [3.63, 3.8) is 0 Å². The molecule has 0 radical (unpaired) electrons. The Morgan fingerprint density at radius 2 is 1.96 bits per heavy atom. The van der Waals surface area contributed by atoms with Gasteiger partial charge in [0.25, 0.3) is 5.56 Å². The third-order valence-corrected chi connectivity index (χ3v) is 5.42. The van der Waals surface area contributed by atoms with E-state index in [4.69, 9.17) is 10.1 Å². The molecule has 0 amide bonds. The van der Waals surface area contributed by atoms with Crippen LogP contribution in [0.5, 0.6) is 0 Å². The molecular weight excluding hydrogens is 332 g/mol. The summed E-state index contributed by atoms with van der Waals surface area (Å²) in [5.41, 5.74) is 3.81. The number of aryl methyl sites for hydroxylation is 1. The molecule has 0 unspecified atom stereocenters. The number of nitrogens with one attached hydrogen (secondary N) is 1. The van der Waals surface area contributed by atoms with E-state index >= 15 is 0 Å². The average molecular weight is 350 g/mol. The molecule has 3 heterocycles. The number of aromatic amines is 1. The van der Waals surface area contributed by atoms with Crippen LogP contribution >= 0.6 is 11.8 Å². The zero-order valence-electron chi connectivity index (χ0n) is 14.1. The molecule has 1 atom stereocenters. The highest BCUT2D eigenvalue weighted by Crippen LogP contribution is 2.45. The molecular formula is C19H18N4OS. The van der Waals surface area contributed by atoms with Crippen molar-refractivity contribution in [3.8, 4) is 0 Å². The van der Waals surface area contributed by atoms with Crippen molar-refractivity contribution < 1.29 is 0 Å². The minimum Gasteiger partial charge on any atom is -0.329 e. The molecule has 1 aromatic carbocycles. The monoisotopic (exact) mass is 350 g/mol. The van der Waals surface area contributed by atoms with Crippen molar-refractivity contribution in [3.05, 3.63) is 81.4 Å². The molecule has 0 fully saturated rings. The molecule has 0 spiro atoms. The van der Waals surface area contributed by atoms with Crippen LogP contribution in [0.3, 0.4) is 0 Å². The minimum atomic E-state index is -0.0815. The number of benzene rings is 1. The fourth-order valence-electron chi connectivity index (χ4n) is 3.14. The summed E-state index contributed by atoms with van der Waals surface area (Å²) in [5.74, 6) is 0.853. The lowest BCUT2D eigenvalue weighted by atomic mass is 10.1. The van der Waals surface area contributed by atoms with Gasteiger partial charge in [0, 0.05) is 17.3 Å². The maximum atomic E-state index is 12.3. The highest BCUT2D eigenvalue weighted by molar-refractivity contribution is 8.14. The first-order valence-corrected chi connectivity index (χ1v) is 9.02. The number of pyridine rings is 1. The normalized spacial score (nSPS) is 16.4. The van der Waals surface area contributed by atoms with E-state index in [1.165, 1.54) is 5.56 Å². The number of hydrogen-bond donors (Lipinski definition) is 1. The highest BCUT2D eigenvalue weighted by Gasteiger charge is 2.31. The van der Waals surface area contributed by atoms with E-state index in [-0.39, 0.29) is 10.8 Å². The summed E-state index contributed by atoms with van der Waals surface area (Å²) in [5, 5.41) is 5.57. The van der Waals surface area contributed by atoms with Crippen molar-refractivity contribution in [2.75, 3.05) is 0 Å². The number of rotatable bonds is 3. The maximum absolute atomic E-state index is 12.3. The van der Waals surface area contributed by atoms with Gasteiger partial charge in [-0.3, -0.25) is 4.79 Å². The quantitative estimate of drug-likeness (QED) is 0.781. The fourth-order valence-corrected chi connectivity index (χ4v) is 4.33. The van der Waals surface area contributed by atoms with Gasteiger partial charge in [-0.25, -0.2) is 9.67 Å². The molecule has 4 rings (SSSR count).